The SMILES string of the molecule is O=C(Nc1c2c(nn1-c1ccccc1)CCC2)c1cc(C(F)(F)F)cc(C(F)(F)F)c1. The van der Waals surface area contributed by atoms with Gasteiger partial charge in [0.05, 0.1) is 22.5 Å². The number of nitrogens with zero attached hydrogens (tertiary/aromatic N) is 2. The van der Waals surface area contributed by atoms with Crippen molar-refractivity contribution < 1.29 is 31.1 Å². The number of halogens is 6. The molecule has 0 aliphatic heterocycles. The number of carbonyl (C=O) groups is 1. The van der Waals surface area contributed by atoms with E-state index in [-0.39, 0.29) is 11.9 Å². The molecular weight excluding hydrogens is 424 g/mol. The Balaban J connectivity index is 1.76. The van der Waals surface area contributed by atoms with Crippen LogP contribution in [0, 0.1) is 0 Å². The van der Waals surface area contributed by atoms with Crippen molar-refractivity contribution in [1.82, 2.24) is 9.78 Å². The third-order valence-corrected chi connectivity index (χ3v) is 4.99. The number of para-hydroxylation sites is 1. The van der Waals surface area contributed by atoms with E-state index in [4.69, 9.17) is 0 Å². The zero-order chi connectivity index (χ0) is 22.4. The van der Waals surface area contributed by atoms with E-state index in [1.807, 2.05) is 0 Å². The van der Waals surface area contributed by atoms with Crippen molar-refractivity contribution in [3.05, 3.63) is 76.5 Å². The largest absolute Gasteiger partial charge is 0.416 e. The van der Waals surface area contributed by atoms with Crippen molar-refractivity contribution >= 4 is 11.7 Å². The molecule has 1 aliphatic rings. The van der Waals surface area contributed by atoms with E-state index in [2.05, 4.69) is 10.4 Å². The Labute approximate surface area is 172 Å². The van der Waals surface area contributed by atoms with Crippen LogP contribution in [0.3, 0.4) is 0 Å². The van der Waals surface area contributed by atoms with Crippen LogP contribution in [0.4, 0.5) is 32.2 Å². The molecule has 0 fully saturated rings. The molecule has 1 aromatic heterocycles. The second-order valence-corrected chi connectivity index (χ2v) is 7.12. The van der Waals surface area contributed by atoms with E-state index >= 15 is 0 Å². The lowest BCUT2D eigenvalue weighted by atomic mass is 10.0. The molecule has 162 valence electrons. The summed E-state index contributed by atoms with van der Waals surface area (Å²) < 4.78 is 80.2. The summed E-state index contributed by atoms with van der Waals surface area (Å²) in [7, 11) is 0. The topological polar surface area (TPSA) is 46.9 Å². The first kappa shape index (κ1) is 21.0. The molecule has 1 heterocycles. The fourth-order valence-corrected chi connectivity index (χ4v) is 3.54. The number of nitrogens with one attached hydrogen (secondary N) is 1. The van der Waals surface area contributed by atoms with E-state index < -0.39 is 35.0 Å². The van der Waals surface area contributed by atoms with Crippen molar-refractivity contribution in [3.8, 4) is 5.69 Å². The highest BCUT2D eigenvalue weighted by molar-refractivity contribution is 6.04. The molecule has 31 heavy (non-hydrogen) atoms. The lowest BCUT2D eigenvalue weighted by molar-refractivity contribution is -0.143. The zero-order valence-corrected chi connectivity index (χ0v) is 15.8. The van der Waals surface area contributed by atoms with Crippen molar-refractivity contribution in [2.45, 2.75) is 31.6 Å². The molecule has 0 saturated carbocycles. The second-order valence-electron chi connectivity index (χ2n) is 7.12. The normalized spacial score (nSPS) is 13.9. The van der Waals surface area contributed by atoms with E-state index in [1.54, 1.807) is 30.3 Å². The molecule has 0 radical (unpaired) electrons. The average Bonchev–Trinajstić information content (AvgIpc) is 3.29. The van der Waals surface area contributed by atoms with Gasteiger partial charge in [0.15, 0.2) is 0 Å². The number of carbonyl (C=O) groups excluding carboxylic acids is 1. The minimum absolute atomic E-state index is 0.0112. The molecule has 1 amide bonds. The standard InChI is InChI=1S/C21H15F6N3O/c22-20(23,24)13-9-12(10-14(11-13)21(25,26)27)19(31)28-18-16-7-4-8-17(16)29-30(18)15-5-2-1-3-6-15/h1-3,5-6,9-11H,4,7-8H2,(H,28,31). The van der Waals surface area contributed by atoms with Gasteiger partial charge in [-0.05, 0) is 49.6 Å². The van der Waals surface area contributed by atoms with Crippen molar-refractivity contribution in [3.63, 3.8) is 0 Å². The van der Waals surface area contributed by atoms with Gasteiger partial charge in [-0.3, -0.25) is 4.79 Å². The number of anilines is 1. The summed E-state index contributed by atoms with van der Waals surface area (Å²) in [6.07, 6.45) is -8.03. The van der Waals surface area contributed by atoms with Crippen molar-refractivity contribution in [2.24, 2.45) is 0 Å². The van der Waals surface area contributed by atoms with Gasteiger partial charge in [0.2, 0.25) is 0 Å². The molecule has 0 unspecified atom stereocenters. The molecule has 1 N–H and O–H groups in total. The molecule has 0 spiro atoms. The smallest absolute Gasteiger partial charge is 0.306 e. The van der Waals surface area contributed by atoms with Gasteiger partial charge in [0, 0.05) is 11.1 Å². The average molecular weight is 439 g/mol. The minimum atomic E-state index is -5.04. The molecule has 0 atom stereocenters. The summed E-state index contributed by atoms with van der Waals surface area (Å²) in [5.41, 5.74) is -1.77. The van der Waals surface area contributed by atoms with E-state index in [1.165, 1.54) is 4.68 Å². The maximum Gasteiger partial charge on any atom is 0.416 e. The van der Waals surface area contributed by atoms with Crippen LogP contribution in [-0.4, -0.2) is 15.7 Å². The number of fused-ring (bicyclic) bond motifs is 1. The van der Waals surface area contributed by atoms with Crippen LogP contribution in [0.15, 0.2) is 48.5 Å². The lowest BCUT2D eigenvalue weighted by Crippen LogP contribution is -2.19. The fraction of sp³-hybridized carbons (Fsp3) is 0.238. The molecule has 2 aromatic carbocycles. The fourth-order valence-electron chi connectivity index (χ4n) is 3.54. The molecule has 1 aliphatic carbocycles. The number of alkyl halides is 6. The lowest BCUT2D eigenvalue weighted by Gasteiger charge is -2.15. The van der Waals surface area contributed by atoms with Gasteiger partial charge in [-0.2, -0.15) is 31.4 Å². The predicted octanol–water partition coefficient (Wildman–Crippen LogP) is 5.65. The Morgan fingerprint density at radius 3 is 2.10 bits per heavy atom. The minimum Gasteiger partial charge on any atom is -0.306 e. The highest BCUT2D eigenvalue weighted by Gasteiger charge is 2.37. The first-order valence-electron chi connectivity index (χ1n) is 9.31. The number of rotatable bonds is 3. The van der Waals surface area contributed by atoms with Gasteiger partial charge >= 0.3 is 12.4 Å². The van der Waals surface area contributed by atoms with Gasteiger partial charge in [-0.25, -0.2) is 4.68 Å². The van der Waals surface area contributed by atoms with Crippen molar-refractivity contribution in [1.29, 1.82) is 0 Å². The monoisotopic (exact) mass is 439 g/mol. The first-order chi connectivity index (χ1) is 14.5. The Morgan fingerprint density at radius 2 is 1.52 bits per heavy atom. The quantitative estimate of drug-likeness (QED) is 0.536. The molecule has 0 bridgehead atoms. The van der Waals surface area contributed by atoms with Crippen LogP contribution >= 0.6 is 0 Å². The Bertz CT molecular complexity index is 1100. The third-order valence-electron chi connectivity index (χ3n) is 4.99. The number of aryl methyl sites for hydroxylation is 1. The van der Waals surface area contributed by atoms with Crippen LogP contribution in [0.25, 0.3) is 5.69 Å². The summed E-state index contributed by atoms with van der Waals surface area (Å²) in [6.45, 7) is 0. The summed E-state index contributed by atoms with van der Waals surface area (Å²) in [6, 6.07) is 9.53. The first-order valence-corrected chi connectivity index (χ1v) is 9.31. The number of hydrogen-bond acceptors (Lipinski definition) is 2. The molecule has 0 saturated heterocycles. The third kappa shape index (κ3) is 4.14. The van der Waals surface area contributed by atoms with Crippen molar-refractivity contribution in [2.75, 3.05) is 5.32 Å². The maximum atomic E-state index is 13.1. The van der Waals surface area contributed by atoms with Crippen LogP contribution in [0.5, 0.6) is 0 Å². The van der Waals surface area contributed by atoms with Gasteiger partial charge in [0.1, 0.15) is 5.82 Å². The van der Waals surface area contributed by atoms with Gasteiger partial charge in [-0.15, -0.1) is 0 Å². The molecule has 4 rings (SSSR count). The molecule has 3 aromatic rings. The summed E-state index contributed by atoms with van der Waals surface area (Å²) in [5.74, 6) is -0.835. The Morgan fingerprint density at radius 1 is 0.903 bits per heavy atom. The van der Waals surface area contributed by atoms with Gasteiger partial charge < -0.3 is 5.32 Å². The Kier molecular flexibility index (Phi) is 5.03. The Hall–Kier alpha value is -3.30. The molecule has 10 heteroatoms. The number of benzene rings is 2. The molecule has 4 nitrogen and oxygen atoms in total. The predicted molar refractivity (Wildman–Crippen MR) is 100.0 cm³/mol. The maximum absolute atomic E-state index is 13.1. The zero-order valence-electron chi connectivity index (χ0n) is 15.8. The highest BCUT2D eigenvalue weighted by atomic mass is 19.4. The van der Waals surface area contributed by atoms with E-state index in [0.29, 0.717) is 30.7 Å². The van der Waals surface area contributed by atoms with Crippen LogP contribution < -0.4 is 5.32 Å². The number of amides is 1. The van der Waals surface area contributed by atoms with Gasteiger partial charge in [-0.1, -0.05) is 18.2 Å². The summed E-state index contributed by atoms with van der Waals surface area (Å²) in [4.78, 5) is 12.8. The highest BCUT2D eigenvalue weighted by Crippen LogP contribution is 2.37. The number of aromatic nitrogens is 2. The van der Waals surface area contributed by atoms with Gasteiger partial charge in [0.25, 0.3) is 5.91 Å². The summed E-state index contributed by atoms with van der Waals surface area (Å²) in [5, 5.41) is 6.95. The van der Waals surface area contributed by atoms with E-state index in [0.717, 1.165) is 17.7 Å². The van der Waals surface area contributed by atoms with Crippen LogP contribution in [0.2, 0.25) is 0 Å². The molecular formula is C21H15F6N3O. The summed E-state index contributed by atoms with van der Waals surface area (Å²) >= 11 is 0. The van der Waals surface area contributed by atoms with E-state index in [9.17, 15) is 31.1 Å². The van der Waals surface area contributed by atoms with Crippen LogP contribution in [-0.2, 0) is 25.2 Å². The van der Waals surface area contributed by atoms with Crippen LogP contribution in [0.1, 0.15) is 39.2 Å². The second kappa shape index (κ2) is 7.44. The number of hydrogen-bond donors (Lipinski definition) is 1.